The van der Waals surface area contributed by atoms with Gasteiger partial charge in [-0.1, -0.05) is 47.1 Å². The minimum atomic E-state index is -0.291. The van der Waals surface area contributed by atoms with E-state index in [9.17, 15) is 10.1 Å². The minimum absolute atomic E-state index is 0.110. The smallest absolute Gasteiger partial charge is 0.264 e. The Morgan fingerprint density at radius 1 is 1.18 bits per heavy atom. The number of nitrogens with zero attached hydrogens (tertiary/aromatic N) is 3. The topological polar surface area (TPSA) is 70.1 Å². The number of carbonyl (C=O) groups is 1. The summed E-state index contributed by atoms with van der Waals surface area (Å²) in [5, 5.41) is 14.3. The Bertz CT molecular complexity index is 1080. The fourth-order valence-corrected chi connectivity index (χ4v) is 3.37. The first kappa shape index (κ1) is 18.0. The maximum Gasteiger partial charge on any atom is 0.264 e. The van der Waals surface area contributed by atoms with Crippen molar-refractivity contribution in [3.63, 3.8) is 0 Å². The van der Waals surface area contributed by atoms with E-state index in [-0.39, 0.29) is 11.5 Å². The Morgan fingerprint density at radius 3 is 2.64 bits per heavy atom. The molecular weight excluding hydrogens is 374 g/mol. The monoisotopic (exact) mass is 389 g/mol. The highest BCUT2D eigenvalue weighted by Crippen LogP contribution is 2.31. The second-order valence-corrected chi connectivity index (χ2v) is 6.94. The first-order valence-electron chi connectivity index (χ1n) is 8.85. The average molecular weight is 390 g/mol. The van der Waals surface area contributed by atoms with Crippen molar-refractivity contribution in [3.8, 4) is 17.4 Å². The fourth-order valence-electron chi connectivity index (χ4n) is 3.24. The van der Waals surface area contributed by atoms with Gasteiger partial charge in [0.15, 0.2) is 5.76 Å². The largest absolute Gasteiger partial charge is 0.356 e. The molecule has 4 rings (SSSR count). The Morgan fingerprint density at radius 2 is 1.93 bits per heavy atom. The summed E-state index contributed by atoms with van der Waals surface area (Å²) in [5.74, 6) is 0.343. The maximum absolute atomic E-state index is 12.9. The van der Waals surface area contributed by atoms with Gasteiger partial charge in [-0.15, -0.1) is 0 Å². The molecule has 5 nitrogen and oxygen atoms in total. The van der Waals surface area contributed by atoms with Crippen LogP contribution in [0.15, 0.2) is 64.7 Å². The second-order valence-electron chi connectivity index (χ2n) is 6.50. The predicted molar refractivity (Wildman–Crippen MR) is 106 cm³/mol. The molecule has 1 aromatic heterocycles. The zero-order valence-corrected chi connectivity index (χ0v) is 15.7. The van der Waals surface area contributed by atoms with E-state index in [1.165, 1.54) is 0 Å². The van der Waals surface area contributed by atoms with E-state index in [1.807, 2.05) is 48.5 Å². The molecule has 1 aliphatic heterocycles. The molecule has 1 amide bonds. The first-order valence-corrected chi connectivity index (χ1v) is 9.23. The normalized spacial score (nSPS) is 13.7. The summed E-state index contributed by atoms with van der Waals surface area (Å²) in [4.78, 5) is 14.6. The Kier molecular flexibility index (Phi) is 4.96. The van der Waals surface area contributed by atoms with Gasteiger partial charge in [0.25, 0.3) is 5.91 Å². The molecule has 28 heavy (non-hydrogen) atoms. The molecule has 3 aromatic rings. The van der Waals surface area contributed by atoms with Crippen molar-refractivity contribution in [1.29, 1.82) is 5.26 Å². The fraction of sp³-hybridized carbons (Fsp3) is 0.136. The summed E-state index contributed by atoms with van der Waals surface area (Å²) in [7, 11) is 0. The van der Waals surface area contributed by atoms with Crippen LogP contribution in [0.5, 0.6) is 0 Å². The number of fused-ring (bicyclic) bond motifs is 1. The molecule has 0 fully saturated rings. The van der Waals surface area contributed by atoms with Gasteiger partial charge in [0.1, 0.15) is 11.6 Å². The van der Waals surface area contributed by atoms with E-state index in [2.05, 4.69) is 5.16 Å². The van der Waals surface area contributed by atoms with Gasteiger partial charge in [0.05, 0.1) is 12.2 Å². The highest BCUT2D eigenvalue weighted by molar-refractivity contribution is 6.30. The van der Waals surface area contributed by atoms with E-state index >= 15 is 0 Å². The summed E-state index contributed by atoms with van der Waals surface area (Å²) >= 11 is 5.96. The quantitative estimate of drug-likeness (QED) is 0.489. The van der Waals surface area contributed by atoms with E-state index in [0.29, 0.717) is 30.3 Å². The molecule has 0 atom stereocenters. The number of rotatable bonds is 3. The maximum atomic E-state index is 12.9. The van der Waals surface area contributed by atoms with Crippen molar-refractivity contribution in [1.82, 2.24) is 10.1 Å². The molecule has 6 heteroatoms. The molecule has 1 aliphatic rings. The lowest BCUT2D eigenvalue weighted by atomic mass is 10.0. The third-order valence-corrected chi connectivity index (χ3v) is 4.94. The van der Waals surface area contributed by atoms with Crippen LogP contribution in [0.25, 0.3) is 17.4 Å². The van der Waals surface area contributed by atoms with Crippen molar-refractivity contribution in [3.05, 3.63) is 82.0 Å². The molecule has 0 unspecified atom stereocenters. The van der Waals surface area contributed by atoms with Crippen LogP contribution in [0.3, 0.4) is 0 Å². The first-order chi connectivity index (χ1) is 13.7. The Balaban J connectivity index is 1.61. The zero-order chi connectivity index (χ0) is 19.5. The molecule has 0 bridgehead atoms. The summed E-state index contributed by atoms with van der Waals surface area (Å²) in [6.45, 7) is 0.843. The highest BCUT2D eigenvalue weighted by Gasteiger charge is 2.28. The number of carbonyl (C=O) groups excluding carboxylic acids is 1. The lowest BCUT2D eigenvalue weighted by Crippen LogP contribution is -2.36. The highest BCUT2D eigenvalue weighted by atomic mass is 35.5. The Labute approximate surface area is 167 Å². The molecule has 0 radical (unpaired) electrons. The summed E-state index contributed by atoms with van der Waals surface area (Å²) in [6, 6.07) is 18.7. The number of hydrogen-bond acceptors (Lipinski definition) is 4. The second kappa shape index (κ2) is 7.71. The van der Waals surface area contributed by atoms with Crippen LogP contribution in [-0.2, 0) is 17.8 Å². The molecule has 2 heterocycles. The molecule has 0 aliphatic carbocycles. The van der Waals surface area contributed by atoms with Gasteiger partial charge in [-0.05, 0) is 35.9 Å². The van der Waals surface area contributed by atoms with Crippen LogP contribution < -0.4 is 0 Å². The number of hydrogen-bond donors (Lipinski definition) is 0. The van der Waals surface area contributed by atoms with Crippen molar-refractivity contribution in [2.45, 2.75) is 13.0 Å². The van der Waals surface area contributed by atoms with Crippen molar-refractivity contribution < 1.29 is 9.32 Å². The third-order valence-electron chi connectivity index (χ3n) is 4.69. The van der Waals surface area contributed by atoms with Crippen molar-refractivity contribution >= 4 is 23.6 Å². The molecule has 0 spiro atoms. The number of halogens is 1. The molecule has 2 aromatic carbocycles. The summed E-state index contributed by atoms with van der Waals surface area (Å²) < 4.78 is 5.54. The van der Waals surface area contributed by atoms with Crippen LogP contribution in [0.2, 0.25) is 5.02 Å². The lowest BCUT2D eigenvalue weighted by molar-refractivity contribution is -0.127. The molecule has 138 valence electrons. The van der Waals surface area contributed by atoms with E-state index < -0.39 is 0 Å². The van der Waals surface area contributed by atoms with Gasteiger partial charge < -0.3 is 9.42 Å². The van der Waals surface area contributed by atoms with Crippen LogP contribution >= 0.6 is 11.6 Å². The summed E-state index contributed by atoms with van der Waals surface area (Å²) in [6.07, 6.45) is 2.20. The van der Waals surface area contributed by atoms with E-state index in [0.717, 1.165) is 22.4 Å². The number of nitriles is 1. The lowest BCUT2D eigenvalue weighted by Gasteiger charge is -2.26. The van der Waals surface area contributed by atoms with Gasteiger partial charge in [-0.2, -0.15) is 5.26 Å². The summed E-state index contributed by atoms with van der Waals surface area (Å²) in [5.41, 5.74) is 3.50. The van der Waals surface area contributed by atoms with Gasteiger partial charge in [0, 0.05) is 29.1 Å². The molecule has 0 N–H and O–H groups in total. The standard InChI is InChI=1S/C22H16ClN3O2/c23-18-8-6-16(7-9-18)21-19-14-26(11-10-20(19)25-28-21)22(27)17(13-24)12-15-4-2-1-3-5-15/h1-9,12H,10-11,14H2/b17-12+. The van der Waals surface area contributed by atoms with E-state index in [1.54, 1.807) is 23.1 Å². The average Bonchev–Trinajstić information content (AvgIpc) is 3.16. The SMILES string of the molecule is N#C/C(=C\c1ccccc1)C(=O)N1CCc2noc(-c3ccc(Cl)cc3)c2C1. The number of benzene rings is 2. The number of aromatic nitrogens is 1. The van der Waals surface area contributed by atoms with Gasteiger partial charge in [-0.25, -0.2) is 0 Å². The van der Waals surface area contributed by atoms with E-state index in [4.69, 9.17) is 16.1 Å². The molecule has 0 saturated heterocycles. The zero-order valence-electron chi connectivity index (χ0n) is 14.9. The predicted octanol–water partition coefficient (Wildman–Crippen LogP) is 4.49. The minimum Gasteiger partial charge on any atom is -0.356 e. The number of amides is 1. The third kappa shape index (κ3) is 3.55. The van der Waals surface area contributed by atoms with Crippen LogP contribution in [0.4, 0.5) is 0 Å². The van der Waals surface area contributed by atoms with Gasteiger partial charge in [0.2, 0.25) is 0 Å². The van der Waals surface area contributed by atoms with Crippen molar-refractivity contribution in [2.24, 2.45) is 0 Å². The van der Waals surface area contributed by atoms with Gasteiger partial charge in [-0.3, -0.25) is 4.79 Å². The Hall–Kier alpha value is -3.36. The van der Waals surface area contributed by atoms with Crippen LogP contribution in [0.1, 0.15) is 16.8 Å². The molecule has 0 saturated carbocycles. The van der Waals surface area contributed by atoms with Crippen LogP contribution in [0, 0.1) is 11.3 Å². The van der Waals surface area contributed by atoms with Crippen molar-refractivity contribution in [2.75, 3.05) is 6.54 Å². The van der Waals surface area contributed by atoms with Crippen LogP contribution in [-0.4, -0.2) is 22.5 Å². The van der Waals surface area contributed by atoms with Gasteiger partial charge >= 0.3 is 0 Å². The molecular formula is C22H16ClN3O2.